The lowest BCUT2D eigenvalue weighted by atomic mass is 9.81. The fourth-order valence-electron chi connectivity index (χ4n) is 9.88. The van der Waals surface area contributed by atoms with Crippen molar-refractivity contribution in [3.8, 4) is 11.5 Å². The summed E-state index contributed by atoms with van der Waals surface area (Å²) in [5.41, 5.74) is -0.166. The van der Waals surface area contributed by atoms with Gasteiger partial charge in [-0.2, -0.15) is 0 Å². The largest absolute Gasteiger partial charge is 0.491 e. The zero-order valence-corrected chi connectivity index (χ0v) is 45.4. The third-order valence-electron chi connectivity index (χ3n) is 15.2. The number of benzene rings is 4. The summed E-state index contributed by atoms with van der Waals surface area (Å²) in [6, 6.07) is 19.1. The van der Waals surface area contributed by atoms with Gasteiger partial charge in [0.15, 0.2) is 19.7 Å². The third kappa shape index (κ3) is 11.9. The van der Waals surface area contributed by atoms with Crippen LogP contribution in [0.1, 0.15) is 105 Å². The van der Waals surface area contributed by atoms with Gasteiger partial charge in [0.05, 0.1) is 42.5 Å². The molecule has 2 aliphatic carbocycles. The Morgan fingerprint density at radius 2 is 0.944 bits per heavy atom. The number of hydrogen-bond donors (Lipinski definition) is 2. The minimum absolute atomic E-state index is 0.00576. The van der Waals surface area contributed by atoms with Gasteiger partial charge in [-0.05, 0) is 125 Å². The van der Waals surface area contributed by atoms with Crippen molar-refractivity contribution in [2.45, 2.75) is 124 Å². The van der Waals surface area contributed by atoms with Crippen LogP contribution in [0.4, 0.5) is 31.5 Å². The maximum absolute atomic E-state index is 13.9. The summed E-state index contributed by atoms with van der Waals surface area (Å²) in [6.07, 6.45) is 12.6. The molecule has 0 saturated heterocycles. The first-order chi connectivity index (χ1) is 34.2. The Morgan fingerprint density at radius 1 is 0.597 bits per heavy atom. The van der Waals surface area contributed by atoms with Gasteiger partial charge in [0.1, 0.15) is 47.2 Å². The molecule has 2 aliphatic heterocycles. The van der Waals surface area contributed by atoms with E-state index in [1.54, 1.807) is 36.4 Å². The normalized spacial score (nSPS) is 21.9. The first-order valence-corrected chi connectivity index (χ1v) is 30.6. The molecular weight excluding hydrogens is 1000 g/mol. The van der Waals surface area contributed by atoms with Gasteiger partial charge < -0.3 is 29.5 Å². The van der Waals surface area contributed by atoms with Crippen LogP contribution in [0.25, 0.3) is 0 Å². The number of sulfone groups is 2. The molecule has 8 rings (SSSR count). The molecule has 72 heavy (non-hydrogen) atoms. The number of fused-ring (bicyclic) bond motifs is 2. The molecule has 0 amide bonds. The van der Waals surface area contributed by atoms with Crippen LogP contribution < -0.4 is 19.3 Å². The molecular formula is C54H68F2N2O10S4. The molecule has 4 aromatic carbocycles. The highest BCUT2D eigenvalue weighted by atomic mass is 32.2. The topological polar surface area (TPSA) is 168 Å². The highest BCUT2D eigenvalue weighted by Crippen LogP contribution is 2.52. The molecule has 0 unspecified atom stereocenters. The smallest absolute Gasteiger partial charge is 0.313 e. The van der Waals surface area contributed by atoms with Crippen LogP contribution in [0.2, 0.25) is 0 Å². The maximum atomic E-state index is 13.9. The number of nitrogens with zero attached hydrogens (tertiary/aromatic N) is 2. The molecule has 0 aromatic heterocycles. The summed E-state index contributed by atoms with van der Waals surface area (Å²) in [5, 5.41) is 19.1. The summed E-state index contributed by atoms with van der Waals surface area (Å²) in [7, 11) is -7.40. The Morgan fingerprint density at radius 3 is 1.22 bits per heavy atom. The SMILES string of the molecule is CCCC[C@@]1(CC)CN(c2ccc(F)cc2)c2cc(SC)c(OCC3(C(=O)O)CC3)cc2S(=O)(=O)C1.CCCC[C@]1(CC)CN(c2ccc(F)cc2)c2cc(SC)c(OCC3(C(=O)O)CC3)cc2S(=O)(=O)C1. The molecule has 2 N–H and O–H groups in total. The van der Waals surface area contributed by atoms with E-state index in [0.29, 0.717) is 74.5 Å². The van der Waals surface area contributed by atoms with E-state index in [0.717, 1.165) is 59.7 Å². The minimum atomic E-state index is -3.70. The Kier molecular flexibility index (Phi) is 17.0. The quantitative estimate of drug-likeness (QED) is 0.0802. The van der Waals surface area contributed by atoms with Crippen LogP contribution in [0, 0.1) is 33.3 Å². The monoisotopic (exact) mass is 1070 g/mol. The maximum Gasteiger partial charge on any atom is 0.313 e. The molecule has 4 aliphatic rings. The summed E-state index contributed by atoms with van der Waals surface area (Å²) >= 11 is 2.84. The van der Waals surface area contributed by atoms with Crippen LogP contribution in [-0.4, -0.2) is 89.3 Å². The molecule has 2 atom stereocenters. The zero-order chi connectivity index (χ0) is 52.3. The number of thioether (sulfide) groups is 2. The summed E-state index contributed by atoms with van der Waals surface area (Å²) in [5.74, 6) is -1.69. The lowest BCUT2D eigenvalue weighted by Gasteiger charge is -2.36. The predicted molar refractivity (Wildman–Crippen MR) is 281 cm³/mol. The first kappa shape index (κ1) is 55.2. The Bertz CT molecular complexity index is 2650. The standard InChI is InChI=1S/2C27H34FNO5S2/c2*1-4-6-11-26(5-2)16-29(20-9-7-19(28)8-10-20)21-14-23(35-3)22(15-24(21)36(32,33)18-26)34-17-27(12-13-27)25(30)31/h2*7-10,14-15H,4-6,11-13,16-18H2,1-3H3,(H,30,31)/t2*26-/m10/s1. The van der Waals surface area contributed by atoms with Gasteiger partial charge in [0.25, 0.3) is 0 Å². The number of hydrogen-bond acceptors (Lipinski definition) is 12. The van der Waals surface area contributed by atoms with Crippen LogP contribution in [0.5, 0.6) is 11.5 Å². The second-order valence-electron chi connectivity index (χ2n) is 20.2. The summed E-state index contributed by atoms with van der Waals surface area (Å²) < 4.78 is 95.1. The molecule has 4 aromatic rings. The van der Waals surface area contributed by atoms with Crippen molar-refractivity contribution in [2.24, 2.45) is 21.7 Å². The lowest BCUT2D eigenvalue weighted by Crippen LogP contribution is -2.37. The number of carboxylic acids is 2. The van der Waals surface area contributed by atoms with Gasteiger partial charge in [-0.15, -0.1) is 23.5 Å². The number of aliphatic carboxylic acids is 2. The van der Waals surface area contributed by atoms with Crippen LogP contribution in [-0.2, 0) is 29.3 Å². The fourth-order valence-corrected chi connectivity index (χ4v) is 15.3. The van der Waals surface area contributed by atoms with Crippen LogP contribution in [0.3, 0.4) is 0 Å². The van der Waals surface area contributed by atoms with E-state index in [1.165, 1.54) is 47.8 Å². The molecule has 2 saturated carbocycles. The van der Waals surface area contributed by atoms with Gasteiger partial charge in [0.2, 0.25) is 0 Å². The van der Waals surface area contributed by atoms with E-state index < -0.39 is 53.3 Å². The van der Waals surface area contributed by atoms with Crippen molar-refractivity contribution < 1.29 is 54.9 Å². The molecule has 2 heterocycles. The number of carbonyl (C=O) groups is 2. The van der Waals surface area contributed by atoms with Crippen molar-refractivity contribution in [1.82, 2.24) is 0 Å². The average Bonchev–Trinajstić information content (AvgIpc) is 4.31. The number of unbranched alkanes of at least 4 members (excludes halogenated alkanes) is 2. The third-order valence-corrected chi connectivity index (χ3v) is 20.7. The van der Waals surface area contributed by atoms with Crippen molar-refractivity contribution in [1.29, 1.82) is 0 Å². The van der Waals surface area contributed by atoms with Gasteiger partial charge in [-0.25, -0.2) is 25.6 Å². The second kappa shape index (κ2) is 22.1. The summed E-state index contributed by atoms with van der Waals surface area (Å²) in [4.78, 5) is 29.1. The van der Waals surface area contributed by atoms with Gasteiger partial charge in [0, 0.05) is 47.4 Å². The number of halogens is 2. The van der Waals surface area contributed by atoms with Crippen molar-refractivity contribution in [3.63, 3.8) is 0 Å². The van der Waals surface area contributed by atoms with Crippen LogP contribution >= 0.6 is 23.5 Å². The lowest BCUT2D eigenvalue weighted by molar-refractivity contribution is -0.145. The fraction of sp³-hybridized carbons (Fsp3) is 0.519. The average molecular weight is 1070 g/mol. The van der Waals surface area contributed by atoms with Crippen LogP contribution in [0.15, 0.2) is 92.4 Å². The molecule has 0 radical (unpaired) electrons. The van der Waals surface area contributed by atoms with Crippen molar-refractivity contribution >= 4 is 77.9 Å². The Balaban J connectivity index is 0.000000211. The number of ether oxygens (including phenoxy) is 2. The summed E-state index contributed by atoms with van der Waals surface area (Å²) in [6.45, 7) is 9.27. The number of rotatable bonds is 20. The van der Waals surface area contributed by atoms with E-state index in [2.05, 4.69) is 13.8 Å². The molecule has 2 fully saturated rings. The first-order valence-electron chi connectivity index (χ1n) is 24.9. The van der Waals surface area contributed by atoms with Gasteiger partial charge in [-0.3, -0.25) is 9.59 Å². The molecule has 0 bridgehead atoms. The molecule has 12 nitrogen and oxygen atoms in total. The molecule has 0 spiro atoms. The highest BCUT2D eigenvalue weighted by Gasteiger charge is 2.52. The molecule has 18 heteroatoms. The minimum Gasteiger partial charge on any atom is -0.491 e. The Hall–Kier alpha value is -4.52. The van der Waals surface area contributed by atoms with Crippen molar-refractivity contribution in [2.75, 3.05) is 60.1 Å². The van der Waals surface area contributed by atoms with E-state index in [9.17, 15) is 45.4 Å². The van der Waals surface area contributed by atoms with Gasteiger partial charge in [-0.1, -0.05) is 53.4 Å². The van der Waals surface area contributed by atoms with E-state index in [-0.39, 0.29) is 46.1 Å². The zero-order valence-electron chi connectivity index (χ0n) is 42.1. The number of anilines is 4. The number of carboxylic acid groups (broad SMARTS) is 2. The second-order valence-corrected chi connectivity index (χ2v) is 25.9. The van der Waals surface area contributed by atoms with Crippen molar-refractivity contribution in [3.05, 3.63) is 84.4 Å². The van der Waals surface area contributed by atoms with E-state index >= 15 is 0 Å². The predicted octanol–water partition coefficient (Wildman–Crippen LogP) is 12.6. The highest BCUT2D eigenvalue weighted by molar-refractivity contribution is 7.99. The van der Waals surface area contributed by atoms with Gasteiger partial charge >= 0.3 is 11.9 Å². The Labute approximate surface area is 432 Å². The molecule has 392 valence electrons. The van der Waals surface area contributed by atoms with E-state index in [4.69, 9.17) is 9.47 Å². The van der Waals surface area contributed by atoms with E-state index in [1.807, 2.05) is 48.3 Å².